The number of rotatable bonds is 5. The third-order valence-electron chi connectivity index (χ3n) is 3.68. The standard InChI is InChI=1S/C16H22ClN3/c1-5-6-15(13-7-9-14(17)10-8-13)18-16-11(2)19-20(4)12(16)3/h7-10,15,18H,5-6H2,1-4H3. The van der Waals surface area contributed by atoms with Crippen LogP contribution in [0.25, 0.3) is 0 Å². The lowest BCUT2D eigenvalue weighted by molar-refractivity contribution is 0.676. The van der Waals surface area contributed by atoms with E-state index in [2.05, 4.69) is 36.4 Å². The van der Waals surface area contributed by atoms with Crippen LogP contribution in [-0.2, 0) is 7.05 Å². The maximum atomic E-state index is 5.97. The quantitative estimate of drug-likeness (QED) is 0.869. The number of aryl methyl sites for hydroxylation is 2. The van der Waals surface area contributed by atoms with Crippen LogP contribution in [0.15, 0.2) is 24.3 Å². The van der Waals surface area contributed by atoms with Gasteiger partial charge in [-0.3, -0.25) is 4.68 Å². The van der Waals surface area contributed by atoms with Gasteiger partial charge in [0.2, 0.25) is 0 Å². The molecule has 2 aromatic rings. The number of aromatic nitrogens is 2. The highest BCUT2D eigenvalue weighted by Crippen LogP contribution is 2.28. The fourth-order valence-electron chi connectivity index (χ4n) is 2.46. The molecule has 1 atom stereocenters. The Morgan fingerprint density at radius 1 is 1.25 bits per heavy atom. The van der Waals surface area contributed by atoms with Crippen LogP contribution in [0.3, 0.4) is 0 Å². The third kappa shape index (κ3) is 3.15. The number of hydrogen-bond acceptors (Lipinski definition) is 2. The minimum atomic E-state index is 0.291. The molecule has 0 radical (unpaired) electrons. The fraction of sp³-hybridized carbons (Fsp3) is 0.438. The maximum absolute atomic E-state index is 5.97. The lowest BCUT2D eigenvalue weighted by Crippen LogP contribution is -2.11. The van der Waals surface area contributed by atoms with E-state index < -0.39 is 0 Å². The predicted octanol–water partition coefficient (Wildman–Crippen LogP) is 4.64. The monoisotopic (exact) mass is 291 g/mol. The Bertz CT molecular complexity index is 572. The van der Waals surface area contributed by atoms with Gasteiger partial charge in [0.25, 0.3) is 0 Å². The number of nitrogens with one attached hydrogen (secondary N) is 1. The third-order valence-corrected chi connectivity index (χ3v) is 3.93. The van der Waals surface area contributed by atoms with E-state index in [0.29, 0.717) is 6.04 Å². The molecule has 3 nitrogen and oxygen atoms in total. The van der Waals surface area contributed by atoms with Crippen molar-refractivity contribution in [2.45, 2.75) is 39.7 Å². The first-order valence-electron chi connectivity index (χ1n) is 7.05. The molecule has 20 heavy (non-hydrogen) atoms. The highest BCUT2D eigenvalue weighted by molar-refractivity contribution is 6.30. The van der Waals surface area contributed by atoms with Gasteiger partial charge >= 0.3 is 0 Å². The van der Waals surface area contributed by atoms with Gasteiger partial charge in [0.15, 0.2) is 0 Å². The second-order valence-corrected chi connectivity index (χ2v) is 5.64. The molecule has 0 spiro atoms. The van der Waals surface area contributed by atoms with Gasteiger partial charge < -0.3 is 5.32 Å². The van der Waals surface area contributed by atoms with Crippen molar-refractivity contribution in [3.05, 3.63) is 46.2 Å². The topological polar surface area (TPSA) is 29.9 Å². The van der Waals surface area contributed by atoms with Gasteiger partial charge in [-0.2, -0.15) is 5.10 Å². The lowest BCUT2D eigenvalue weighted by Gasteiger charge is -2.20. The van der Waals surface area contributed by atoms with Gasteiger partial charge in [0.05, 0.1) is 23.1 Å². The Labute approximate surface area is 126 Å². The molecule has 0 bridgehead atoms. The molecule has 2 rings (SSSR count). The van der Waals surface area contributed by atoms with Crippen LogP contribution in [0.5, 0.6) is 0 Å². The molecule has 4 heteroatoms. The van der Waals surface area contributed by atoms with Gasteiger partial charge in [-0.15, -0.1) is 0 Å². The first kappa shape index (κ1) is 14.9. The summed E-state index contributed by atoms with van der Waals surface area (Å²) in [5.74, 6) is 0. The van der Waals surface area contributed by atoms with Crippen molar-refractivity contribution < 1.29 is 0 Å². The van der Waals surface area contributed by atoms with Crippen molar-refractivity contribution in [1.82, 2.24) is 9.78 Å². The number of nitrogens with zero attached hydrogens (tertiary/aromatic N) is 2. The van der Waals surface area contributed by atoms with Crippen molar-refractivity contribution in [3.63, 3.8) is 0 Å². The molecule has 1 unspecified atom stereocenters. The van der Waals surface area contributed by atoms with E-state index in [1.54, 1.807) is 0 Å². The highest BCUT2D eigenvalue weighted by atomic mass is 35.5. The summed E-state index contributed by atoms with van der Waals surface area (Å²) in [6, 6.07) is 8.38. The Balaban J connectivity index is 2.27. The van der Waals surface area contributed by atoms with E-state index in [9.17, 15) is 0 Å². The molecule has 0 aliphatic rings. The lowest BCUT2D eigenvalue weighted by atomic mass is 10.0. The van der Waals surface area contributed by atoms with Crippen molar-refractivity contribution in [3.8, 4) is 0 Å². The molecule has 0 saturated heterocycles. The molecule has 0 aliphatic heterocycles. The van der Waals surface area contributed by atoms with E-state index in [0.717, 1.165) is 34.9 Å². The normalized spacial score (nSPS) is 12.4. The Kier molecular flexibility index (Phi) is 4.71. The number of hydrogen-bond donors (Lipinski definition) is 1. The van der Waals surface area contributed by atoms with E-state index in [4.69, 9.17) is 11.6 Å². The van der Waals surface area contributed by atoms with Crippen LogP contribution < -0.4 is 5.32 Å². The van der Waals surface area contributed by atoms with Gasteiger partial charge in [-0.25, -0.2) is 0 Å². The van der Waals surface area contributed by atoms with Crippen LogP contribution in [0.2, 0.25) is 5.02 Å². The zero-order valence-electron chi connectivity index (χ0n) is 12.6. The molecular weight excluding hydrogens is 270 g/mol. The Morgan fingerprint density at radius 3 is 2.40 bits per heavy atom. The molecule has 0 amide bonds. The molecule has 0 aliphatic carbocycles. The summed E-state index contributed by atoms with van der Waals surface area (Å²) in [6.45, 7) is 6.33. The zero-order valence-corrected chi connectivity index (χ0v) is 13.3. The second-order valence-electron chi connectivity index (χ2n) is 5.21. The first-order chi connectivity index (χ1) is 9.52. The van der Waals surface area contributed by atoms with Gasteiger partial charge in [0, 0.05) is 12.1 Å². The summed E-state index contributed by atoms with van der Waals surface area (Å²) in [4.78, 5) is 0. The van der Waals surface area contributed by atoms with E-state index in [-0.39, 0.29) is 0 Å². The van der Waals surface area contributed by atoms with Crippen molar-refractivity contribution >= 4 is 17.3 Å². The Hall–Kier alpha value is -1.48. The molecule has 0 fully saturated rings. The van der Waals surface area contributed by atoms with Gasteiger partial charge in [0.1, 0.15) is 0 Å². The average Bonchev–Trinajstić information content (AvgIpc) is 2.65. The van der Waals surface area contributed by atoms with E-state index in [1.807, 2.05) is 30.8 Å². The molecule has 0 saturated carbocycles. The van der Waals surface area contributed by atoms with Crippen LogP contribution in [0.4, 0.5) is 5.69 Å². The van der Waals surface area contributed by atoms with E-state index in [1.165, 1.54) is 5.56 Å². The van der Waals surface area contributed by atoms with Crippen LogP contribution in [0.1, 0.15) is 42.8 Å². The smallest absolute Gasteiger partial charge is 0.0828 e. The van der Waals surface area contributed by atoms with Crippen molar-refractivity contribution in [1.29, 1.82) is 0 Å². The van der Waals surface area contributed by atoms with Crippen molar-refractivity contribution in [2.24, 2.45) is 7.05 Å². The Morgan fingerprint density at radius 2 is 1.90 bits per heavy atom. The molecule has 1 aromatic carbocycles. The zero-order chi connectivity index (χ0) is 14.7. The SMILES string of the molecule is CCCC(Nc1c(C)nn(C)c1C)c1ccc(Cl)cc1. The predicted molar refractivity (Wildman–Crippen MR) is 85.4 cm³/mol. The second kappa shape index (κ2) is 6.31. The number of anilines is 1. The first-order valence-corrected chi connectivity index (χ1v) is 7.43. The number of halogens is 1. The summed E-state index contributed by atoms with van der Waals surface area (Å²) in [7, 11) is 1.98. The highest BCUT2D eigenvalue weighted by Gasteiger charge is 2.15. The summed E-state index contributed by atoms with van der Waals surface area (Å²) in [6.07, 6.45) is 2.20. The van der Waals surface area contributed by atoms with E-state index >= 15 is 0 Å². The molecule has 1 N–H and O–H groups in total. The van der Waals surface area contributed by atoms with Gasteiger partial charge in [-0.05, 0) is 38.0 Å². The molecular formula is C16H22ClN3. The van der Waals surface area contributed by atoms with Crippen molar-refractivity contribution in [2.75, 3.05) is 5.32 Å². The van der Waals surface area contributed by atoms with Crippen LogP contribution in [0, 0.1) is 13.8 Å². The maximum Gasteiger partial charge on any atom is 0.0828 e. The average molecular weight is 292 g/mol. The summed E-state index contributed by atoms with van der Waals surface area (Å²) >= 11 is 5.97. The molecule has 1 heterocycles. The minimum Gasteiger partial charge on any atom is -0.375 e. The molecule has 1 aromatic heterocycles. The van der Waals surface area contributed by atoms with Crippen LogP contribution >= 0.6 is 11.6 Å². The fourth-order valence-corrected chi connectivity index (χ4v) is 2.59. The number of benzene rings is 1. The molecule has 108 valence electrons. The summed E-state index contributed by atoms with van der Waals surface area (Å²) in [5.41, 5.74) is 4.61. The summed E-state index contributed by atoms with van der Waals surface area (Å²) < 4.78 is 1.92. The van der Waals surface area contributed by atoms with Crippen LogP contribution in [-0.4, -0.2) is 9.78 Å². The minimum absolute atomic E-state index is 0.291. The summed E-state index contributed by atoms with van der Waals surface area (Å²) in [5, 5.41) is 8.89. The largest absolute Gasteiger partial charge is 0.375 e. The van der Waals surface area contributed by atoms with Gasteiger partial charge in [-0.1, -0.05) is 37.1 Å².